The van der Waals surface area contributed by atoms with E-state index in [-0.39, 0.29) is 30.7 Å². The Morgan fingerprint density at radius 2 is 1.46 bits per heavy atom. The maximum atomic E-state index is 11.3. The molecule has 0 fully saturated rings. The first-order valence-corrected chi connectivity index (χ1v) is 12.8. The van der Waals surface area contributed by atoms with Crippen molar-refractivity contribution in [1.29, 1.82) is 0 Å². The number of hydrogen-bond donors (Lipinski definition) is 3. The summed E-state index contributed by atoms with van der Waals surface area (Å²) in [5, 5.41) is 0. The van der Waals surface area contributed by atoms with Crippen LogP contribution in [-0.2, 0) is 30.4 Å². The Kier molecular flexibility index (Phi) is 8.29. The highest BCUT2D eigenvalue weighted by molar-refractivity contribution is 7.86. The van der Waals surface area contributed by atoms with E-state index >= 15 is 0 Å². The minimum Gasteiger partial charge on any atom is -0.286 e. The SMILES string of the molecule is CC(CCCS(=O)(=O)O)=[N+](CCCS(=O)(=O)O)c1ccc(S(=O)(=O)O)cc1C. The second-order valence-electron chi connectivity index (χ2n) is 6.34. The van der Waals surface area contributed by atoms with E-state index in [4.69, 9.17) is 13.7 Å². The Balaban J connectivity index is 3.24. The van der Waals surface area contributed by atoms with Gasteiger partial charge in [0.2, 0.25) is 5.69 Å². The van der Waals surface area contributed by atoms with Crippen molar-refractivity contribution in [2.45, 2.75) is 38.0 Å². The first-order chi connectivity index (χ1) is 12.6. The molecule has 1 aromatic rings. The van der Waals surface area contributed by atoms with Crippen molar-refractivity contribution in [3.05, 3.63) is 23.8 Å². The molecule has 0 amide bonds. The van der Waals surface area contributed by atoms with Gasteiger partial charge in [0, 0.05) is 31.4 Å². The van der Waals surface area contributed by atoms with Crippen molar-refractivity contribution in [2.24, 2.45) is 0 Å². The molecule has 10 nitrogen and oxygen atoms in total. The Hall–Kier alpha value is -1.38. The standard InChI is InChI=1S/C15H23NO9S3/c1-12-11-14(28(23,24)25)6-7-15(12)16(8-4-10-27(20,21)22)13(2)5-3-9-26(17,18)19/h6-7,11H,3-5,8-10H2,1-2H3,(H2-,17,18,19,20,21,22,23,24,25)/p+1. The monoisotopic (exact) mass is 458 g/mol. The van der Waals surface area contributed by atoms with Crippen molar-refractivity contribution in [3.63, 3.8) is 0 Å². The van der Waals surface area contributed by atoms with Crippen molar-refractivity contribution >= 4 is 41.8 Å². The molecule has 3 N–H and O–H groups in total. The third-order valence-electron chi connectivity index (χ3n) is 3.94. The van der Waals surface area contributed by atoms with Crippen LogP contribution < -0.4 is 0 Å². The molecule has 0 aliphatic heterocycles. The van der Waals surface area contributed by atoms with Crippen LogP contribution in [0.25, 0.3) is 0 Å². The summed E-state index contributed by atoms with van der Waals surface area (Å²) < 4.78 is 94.8. The van der Waals surface area contributed by atoms with E-state index in [9.17, 15) is 25.3 Å². The largest absolute Gasteiger partial charge is 0.294 e. The zero-order valence-electron chi connectivity index (χ0n) is 15.4. The van der Waals surface area contributed by atoms with E-state index in [0.717, 1.165) is 0 Å². The van der Waals surface area contributed by atoms with Gasteiger partial charge in [-0.25, -0.2) is 0 Å². The summed E-state index contributed by atoms with van der Waals surface area (Å²) in [5.74, 6) is -0.923. The van der Waals surface area contributed by atoms with Crippen LogP contribution in [0.2, 0.25) is 0 Å². The Bertz CT molecular complexity index is 1060. The van der Waals surface area contributed by atoms with Crippen LogP contribution in [0.15, 0.2) is 23.1 Å². The lowest BCUT2D eigenvalue weighted by Crippen LogP contribution is -2.20. The number of hydrogen-bond acceptors (Lipinski definition) is 6. The molecule has 0 unspecified atom stereocenters. The van der Waals surface area contributed by atoms with Crippen molar-refractivity contribution in [3.8, 4) is 0 Å². The molecule has 0 saturated heterocycles. The highest BCUT2D eigenvalue weighted by Gasteiger charge is 2.21. The van der Waals surface area contributed by atoms with Gasteiger partial charge < -0.3 is 0 Å². The summed E-state index contributed by atoms with van der Waals surface area (Å²) in [5.41, 5.74) is 1.67. The van der Waals surface area contributed by atoms with Gasteiger partial charge in [-0.05, 0) is 25.5 Å². The van der Waals surface area contributed by atoms with Gasteiger partial charge in [0.25, 0.3) is 30.4 Å². The number of nitrogens with zero attached hydrogens (tertiary/aromatic N) is 1. The molecule has 160 valence electrons. The molecule has 0 atom stereocenters. The lowest BCUT2D eigenvalue weighted by atomic mass is 10.1. The average molecular weight is 459 g/mol. The molecule has 1 rings (SSSR count). The zero-order valence-corrected chi connectivity index (χ0v) is 17.9. The first kappa shape index (κ1) is 24.7. The van der Waals surface area contributed by atoms with Gasteiger partial charge in [0.05, 0.1) is 16.4 Å². The summed E-state index contributed by atoms with van der Waals surface area (Å²) in [6.45, 7) is 3.45. The van der Waals surface area contributed by atoms with E-state index in [2.05, 4.69) is 0 Å². The molecule has 0 spiro atoms. The van der Waals surface area contributed by atoms with Crippen molar-refractivity contribution in [2.75, 3.05) is 18.1 Å². The van der Waals surface area contributed by atoms with Gasteiger partial charge >= 0.3 is 0 Å². The third-order valence-corrected chi connectivity index (χ3v) is 6.40. The highest BCUT2D eigenvalue weighted by atomic mass is 32.2. The van der Waals surface area contributed by atoms with Crippen LogP contribution in [0.5, 0.6) is 0 Å². The van der Waals surface area contributed by atoms with E-state index in [1.54, 1.807) is 18.4 Å². The topological polar surface area (TPSA) is 166 Å². The van der Waals surface area contributed by atoms with Gasteiger partial charge in [-0.2, -0.15) is 29.8 Å². The number of aryl methyl sites for hydroxylation is 1. The zero-order chi connectivity index (χ0) is 21.8. The summed E-state index contributed by atoms with van der Waals surface area (Å²) in [6, 6.07) is 3.89. The van der Waals surface area contributed by atoms with E-state index < -0.39 is 41.9 Å². The smallest absolute Gasteiger partial charge is 0.286 e. The molecule has 0 bridgehead atoms. The summed E-state index contributed by atoms with van der Waals surface area (Å²) in [6.07, 6.45) is 0.459. The van der Waals surface area contributed by atoms with Gasteiger partial charge in [-0.1, -0.05) is 0 Å². The van der Waals surface area contributed by atoms with Gasteiger partial charge in [-0.3, -0.25) is 13.7 Å². The Morgan fingerprint density at radius 1 is 0.929 bits per heavy atom. The number of benzene rings is 1. The summed E-state index contributed by atoms with van der Waals surface area (Å²) >= 11 is 0. The molecule has 0 radical (unpaired) electrons. The predicted octanol–water partition coefficient (Wildman–Crippen LogP) is 1.29. The Morgan fingerprint density at radius 3 is 1.93 bits per heavy atom. The molecule has 0 aromatic heterocycles. The maximum Gasteiger partial charge on any atom is 0.294 e. The lowest BCUT2D eigenvalue weighted by Gasteiger charge is -2.10. The van der Waals surface area contributed by atoms with Crippen molar-refractivity contribution in [1.82, 2.24) is 0 Å². The third kappa shape index (κ3) is 8.75. The van der Waals surface area contributed by atoms with E-state index in [1.165, 1.54) is 18.2 Å². The second kappa shape index (κ2) is 9.41. The molecule has 0 heterocycles. The van der Waals surface area contributed by atoms with Crippen LogP contribution in [0.3, 0.4) is 0 Å². The van der Waals surface area contributed by atoms with Crippen molar-refractivity contribution < 1.29 is 43.5 Å². The molecule has 0 aliphatic rings. The molecule has 0 aliphatic carbocycles. The fourth-order valence-electron chi connectivity index (χ4n) is 2.66. The molecule has 1 aromatic carbocycles. The fraction of sp³-hybridized carbons (Fsp3) is 0.533. The van der Waals surface area contributed by atoms with E-state index in [0.29, 0.717) is 17.0 Å². The minimum absolute atomic E-state index is 0.0635. The maximum absolute atomic E-state index is 11.3. The average Bonchev–Trinajstić information content (AvgIpc) is 2.48. The molecular weight excluding hydrogens is 434 g/mol. The molecule has 13 heteroatoms. The van der Waals surface area contributed by atoms with Crippen LogP contribution in [0, 0.1) is 6.92 Å². The van der Waals surface area contributed by atoms with Crippen LogP contribution in [-0.4, -0.2) is 67.2 Å². The highest BCUT2D eigenvalue weighted by Crippen LogP contribution is 2.23. The summed E-state index contributed by atoms with van der Waals surface area (Å²) in [7, 11) is -12.7. The Labute approximate surface area is 165 Å². The molecule has 0 saturated carbocycles. The quantitative estimate of drug-likeness (QED) is 0.266. The predicted molar refractivity (Wildman–Crippen MR) is 103 cm³/mol. The lowest BCUT2D eigenvalue weighted by molar-refractivity contribution is -0.443. The van der Waals surface area contributed by atoms with Crippen LogP contribution in [0.4, 0.5) is 5.69 Å². The van der Waals surface area contributed by atoms with Crippen LogP contribution in [0.1, 0.15) is 31.7 Å². The normalized spacial score (nSPS) is 14.0. The second-order valence-corrected chi connectivity index (χ2v) is 10.9. The van der Waals surface area contributed by atoms with Gasteiger partial charge in [-0.15, -0.1) is 0 Å². The van der Waals surface area contributed by atoms with Gasteiger partial charge in [0.1, 0.15) is 6.54 Å². The summed E-state index contributed by atoms with van der Waals surface area (Å²) in [4.78, 5) is -0.296. The van der Waals surface area contributed by atoms with Crippen LogP contribution >= 0.6 is 0 Å². The molecular formula is C15H24NO9S3+. The van der Waals surface area contributed by atoms with Gasteiger partial charge in [0.15, 0.2) is 5.71 Å². The number of rotatable bonds is 10. The minimum atomic E-state index is -4.39. The molecule has 28 heavy (non-hydrogen) atoms. The first-order valence-electron chi connectivity index (χ1n) is 8.18. The van der Waals surface area contributed by atoms with E-state index in [1.807, 2.05) is 0 Å². The fourth-order valence-corrected chi connectivity index (χ4v) is 4.23.